The summed E-state index contributed by atoms with van der Waals surface area (Å²) in [6.45, 7) is 10.4. The molecule has 0 saturated heterocycles. The highest BCUT2D eigenvalue weighted by atomic mass is 16.6. The number of pyridine rings is 1. The molecule has 160 valence electrons. The van der Waals surface area contributed by atoms with Crippen molar-refractivity contribution in [2.45, 2.75) is 59.3 Å². The van der Waals surface area contributed by atoms with Crippen molar-refractivity contribution in [3.63, 3.8) is 0 Å². The van der Waals surface area contributed by atoms with E-state index in [1.165, 1.54) is 10.9 Å². The van der Waals surface area contributed by atoms with Gasteiger partial charge in [0.2, 0.25) is 0 Å². The maximum Gasteiger partial charge on any atom is 0.414 e. The summed E-state index contributed by atoms with van der Waals surface area (Å²) < 4.78 is 11.8. The number of ether oxygens (including phenoxy) is 2. The Labute approximate surface area is 174 Å². The Hall–Kier alpha value is -3.68. The molecule has 2 aromatic rings. The monoisotopic (exact) mass is 415 g/mol. The lowest BCUT2D eigenvalue weighted by molar-refractivity contribution is 0.0520. The molecule has 2 rings (SSSR count). The summed E-state index contributed by atoms with van der Waals surface area (Å²) in [6, 6.07) is 5.12. The van der Waals surface area contributed by atoms with Crippen molar-refractivity contribution in [3.8, 4) is 11.9 Å². The van der Waals surface area contributed by atoms with E-state index in [2.05, 4.69) is 25.7 Å². The van der Waals surface area contributed by atoms with Gasteiger partial charge in [-0.2, -0.15) is 14.9 Å². The van der Waals surface area contributed by atoms with Crippen molar-refractivity contribution in [1.82, 2.24) is 25.1 Å². The van der Waals surface area contributed by atoms with Crippen molar-refractivity contribution in [1.29, 1.82) is 5.26 Å². The fourth-order valence-electron chi connectivity index (χ4n) is 2.13. The molecule has 2 aromatic heterocycles. The SMILES string of the molecule is CC(C)(C)OC(=O)NCc1nc(NC(=O)OC(C)(C)C)nn1-c1ccc(C#N)cn1. The summed E-state index contributed by atoms with van der Waals surface area (Å²) in [5, 5.41) is 18.2. The van der Waals surface area contributed by atoms with Gasteiger partial charge >= 0.3 is 12.2 Å². The van der Waals surface area contributed by atoms with Gasteiger partial charge in [0.25, 0.3) is 5.95 Å². The average molecular weight is 415 g/mol. The van der Waals surface area contributed by atoms with Crippen molar-refractivity contribution in [2.75, 3.05) is 5.32 Å². The zero-order valence-electron chi connectivity index (χ0n) is 17.8. The van der Waals surface area contributed by atoms with Gasteiger partial charge in [0, 0.05) is 6.20 Å². The van der Waals surface area contributed by atoms with E-state index >= 15 is 0 Å². The highest BCUT2D eigenvalue weighted by molar-refractivity contribution is 5.82. The largest absolute Gasteiger partial charge is 0.444 e. The number of nitriles is 1. The second-order valence-corrected chi connectivity index (χ2v) is 8.26. The summed E-state index contributed by atoms with van der Waals surface area (Å²) in [4.78, 5) is 32.4. The van der Waals surface area contributed by atoms with Gasteiger partial charge in [0.05, 0.1) is 12.1 Å². The van der Waals surface area contributed by atoms with Crippen LogP contribution in [0.2, 0.25) is 0 Å². The molecule has 0 spiro atoms. The molecule has 0 aliphatic heterocycles. The first-order valence-corrected chi connectivity index (χ1v) is 9.15. The van der Waals surface area contributed by atoms with Crippen LogP contribution in [0.15, 0.2) is 18.3 Å². The van der Waals surface area contributed by atoms with E-state index in [1.807, 2.05) is 6.07 Å². The number of amides is 2. The smallest absolute Gasteiger partial charge is 0.414 e. The molecule has 2 N–H and O–H groups in total. The third kappa shape index (κ3) is 7.05. The fraction of sp³-hybridized carbons (Fsp3) is 0.474. The minimum absolute atomic E-state index is 0.0311. The minimum Gasteiger partial charge on any atom is -0.444 e. The number of hydrogen-bond acceptors (Lipinski definition) is 8. The van der Waals surface area contributed by atoms with Crippen LogP contribution in [0.5, 0.6) is 0 Å². The first-order valence-electron chi connectivity index (χ1n) is 9.15. The van der Waals surface area contributed by atoms with Gasteiger partial charge in [-0.05, 0) is 53.7 Å². The van der Waals surface area contributed by atoms with Gasteiger partial charge in [0.1, 0.15) is 17.3 Å². The third-order valence-electron chi connectivity index (χ3n) is 3.17. The second kappa shape index (κ2) is 8.77. The molecule has 0 aliphatic rings. The lowest BCUT2D eigenvalue weighted by Crippen LogP contribution is -2.32. The predicted molar refractivity (Wildman–Crippen MR) is 107 cm³/mol. The average Bonchev–Trinajstić information content (AvgIpc) is 2.99. The first-order chi connectivity index (χ1) is 13.9. The van der Waals surface area contributed by atoms with E-state index in [4.69, 9.17) is 14.7 Å². The quantitative estimate of drug-likeness (QED) is 0.775. The van der Waals surface area contributed by atoms with Crippen LogP contribution in [0.4, 0.5) is 15.5 Å². The van der Waals surface area contributed by atoms with Gasteiger partial charge in [-0.1, -0.05) is 0 Å². The Morgan fingerprint density at radius 3 is 2.27 bits per heavy atom. The molecular weight excluding hydrogens is 390 g/mol. The van der Waals surface area contributed by atoms with Gasteiger partial charge in [-0.25, -0.2) is 14.6 Å². The molecule has 30 heavy (non-hydrogen) atoms. The zero-order valence-corrected chi connectivity index (χ0v) is 17.8. The van der Waals surface area contributed by atoms with Crippen molar-refractivity contribution >= 4 is 18.1 Å². The number of nitrogens with zero attached hydrogens (tertiary/aromatic N) is 5. The molecular formula is C19H25N7O4. The van der Waals surface area contributed by atoms with Crippen LogP contribution in [0.25, 0.3) is 5.82 Å². The van der Waals surface area contributed by atoms with Crippen LogP contribution in [0.1, 0.15) is 52.9 Å². The maximum absolute atomic E-state index is 12.0. The summed E-state index contributed by atoms with van der Waals surface area (Å²) in [6.07, 6.45) is 0.0221. The van der Waals surface area contributed by atoms with Gasteiger partial charge in [-0.3, -0.25) is 5.32 Å². The van der Waals surface area contributed by atoms with Crippen LogP contribution in [-0.4, -0.2) is 43.1 Å². The number of hydrogen-bond donors (Lipinski definition) is 2. The number of nitrogens with one attached hydrogen (secondary N) is 2. The zero-order chi connectivity index (χ0) is 22.5. The lowest BCUT2D eigenvalue weighted by atomic mass is 10.2. The molecule has 0 atom stereocenters. The number of anilines is 1. The number of carbonyl (C=O) groups is 2. The van der Waals surface area contributed by atoms with E-state index < -0.39 is 23.4 Å². The fourth-order valence-corrected chi connectivity index (χ4v) is 2.13. The Kier molecular flexibility index (Phi) is 6.61. The molecule has 0 bridgehead atoms. The number of rotatable bonds is 4. The Morgan fingerprint density at radius 1 is 1.10 bits per heavy atom. The highest BCUT2D eigenvalue weighted by Gasteiger charge is 2.21. The molecule has 0 aliphatic carbocycles. The van der Waals surface area contributed by atoms with Gasteiger partial charge < -0.3 is 14.8 Å². The molecule has 0 fully saturated rings. The standard InChI is InChI=1S/C19H25N7O4/c1-18(2,3)29-16(27)22-11-14-23-15(24-17(28)30-19(4,5)6)25-26(14)13-8-7-12(9-20)10-21-13/h7-8,10H,11H2,1-6H3,(H,22,27)(H,24,25,28). The maximum atomic E-state index is 12.0. The van der Waals surface area contributed by atoms with Crippen LogP contribution < -0.4 is 10.6 Å². The van der Waals surface area contributed by atoms with E-state index in [-0.39, 0.29) is 18.3 Å². The van der Waals surface area contributed by atoms with Crippen LogP contribution >= 0.6 is 0 Å². The lowest BCUT2D eigenvalue weighted by Gasteiger charge is -2.19. The van der Waals surface area contributed by atoms with Crippen molar-refractivity contribution < 1.29 is 19.1 Å². The van der Waals surface area contributed by atoms with E-state index in [1.54, 1.807) is 53.7 Å². The van der Waals surface area contributed by atoms with Crippen LogP contribution in [0.3, 0.4) is 0 Å². The molecule has 0 saturated carbocycles. The normalized spacial score (nSPS) is 11.4. The third-order valence-corrected chi connectivity index (χ3v) is 3.17. The van der Waals surface area contributed by atoms with Crippen molar-refractivity contribution in [2.24, 2.45) is 0 Å². The summed E-state index contributed by atoms with van der Waals surface area (Å²) in [5.41, 5.74) is -0.974. The van der Waals surface area contributed by atoms with E-state index in [0.29, 0.717) is 11.4 Å². The Morgan fingerprint density at radius 2 is 1.73 bits per heavy atom. The van der Waals surface area contributed by atoms with Crippen LogP contribution in [-0.2, 0) is 16.0 Å². The molecule has 0 unspecified atom stereocenters. The first kappa shape index (κ1) is 22.6. The topological polar surface area (TPSA) is 144 Å². The molecule has 11 heteroatoms. The number of carbonyl (C=O) groups excluding carboxylic acids is 2. The van der Waals surface area contributed by atoms with E-state index in [0.717, 1.165) is 0 Å². The van der Waals surface area contributed by atoms with Crippen LogP contribution in [0, 0.1) is 11.3 Å². The van der Waals surface area contributed by atoms with Gasteiger partial charge in [0.15, 0.2) is 11.6 Å². The molecule has 11 nitrogen and oxygen atoms in total. The second-order valence-electron chi connectivity index (χ2n) is 8.26. The predicted octanol–water partition coefficient (Wildman–Crippen LogP) is 2.91. The molecule has 0 aromatic carbocycles. The summed E-state index contributed by atoms with van der Waals surface area (Å²) in [5.74, 6) is 0.597. The van der Waals surface area contributed by atoms with E-state index in [9.17, 15) is 9.59 Å². The molecule has 0 radical (unpaired) electrons. The summed E-state index contributed by atoms with van der Waals surface area (Å²) in [7, 11) is 0. The Balaban J connectivity index is 2.25. The summed E-state index contributed by atoms with van der Waals surface area (Å²) >= 11 is 0. The highest BCUT2D eigenvalue weighted by Crippen LogP contribution is 2.14. The van der Waals surface area contributed by atoms with Crippen molar-refractivity contribution in [3.05, 3.63) is 29.7 Å². The number of aromatic nitrogens is 4. The minimum atomic E-state index is -0.723. The molecule has 2 amide bonds. The molecule has 2 heterocycles. The van der Waals surface area contributed by atoms with Gasteiger partial charge in [-0.15, -0.1) is 5.10 Å². The Bertz CT molecular complexity index is 947. The number of alkyl carbamates (subject to hydrolysis) is 1.